The highest BCUT2D eigenvalue weighted by molar-refractivity contribution is 5.88. The van der Waals surface area contributed by atoms with Crippen LogP contribution in [0.3, 0.4) is 0 Å². The summed E-state index contributed by atoms with van der Waals surface area (Å²) < 4.78 is 15.1. The number of aromatic carboxylic acids is 1. The second kappa shape index (κ2) is 4.87. The van der Waals surface area contributed by atoms with Crippen LogP contribution in [0.2, 0.25) is 0 Å². The van der Waals surface area contributed by atoms with E-state index in [4.69, 9.17) is 5.11 Å². The van der Waals surface area contributed by atoms with Gasteiger partial charge in [0, 0.05) is 31.0 Å². The van der Waals surface area contributed by atoms with Crippen molar-refractivity contribution in [1.29, 1.82) is 0 Å². The minimum atomic E-state index is -1.27. The van der Waals surface area contributed by atoms with Crippen molar-refractivity contribution >= 4 is 11.7 Å². The van der Waals surface area contributed by atoms with E-state index in [0.717, 1.165) is 5.56 Å². The van der Waals surface area contributed by atoms with Gasteiger partial charge in [-0.25, -0.2) is 9.18 Å². The van der Waals surface area contributed by atoms with Gasteiger partial charge in [-0.15, -0.1) is 0 Å². The predicted octanol–water partition coefficient (Wildman–Crippen LogP) is 1.87. The number of carboxylic acids is 1. The van der Waals surface area contributed by atoms with Gasteiger partial charge in [0.1, 0.15) is 5.82 Å². The average Bonchev–Trinajstić information content (AvgIpc) is 2.72. The van der Waals surface area contributed by atoms with Crippen LogP contribution in [0.25, 0.3) is 0 Å². The number of carboxylic acid groups (broad SMARTS) is 1. The number of anilines is 1. The van der Waals surface area contributed by atoms with Crippen LogP contribution in [-0.2, 0) is 13.6 Å². The van der Waals surface area contributed by atoms with Gasteiger partial charge < -0.3 is 10.4 Å². The molecule has 0 spiro atoms. The molecule has 2 aromatic rings. The highest BCUT2D eigenvalue weighted by atomic mass is 19.1. The monoisotopic (exact) mass is 249 g/mol. The zero-order valence-corrected chi connectivity index (χ0v) is 9.72. The third-order valence-corrected chi connectivity index (χ3v) is 2.45. The summed E-state index contributed by atoms with van der Waals surface area (Å²) in [5, 5.41) is 15.7. The van der Waals surface area contributed by atoms with E-state index in [1.165, 1.54) is 18.2 Å². The van der Waals surface area contributed by atoms with E-state index in [9.17, 15) is 9.18 Å². The minimum Gasteiger partial charge on any atom is -0.478 e. The molecule has 0 saturated heterocycles. The molecule has 0 aliphatic rings. The smallest absolute Gasteiger partial charge is 0.338 e. The summed E-state index contributed by atoms with van der Waals surface area (Å²) in [5.74, 6) is -2.02. The number of hydrogen-bond donors (Lipinski definition) is 2. The number of hydrogen-bond acceptors (Lipinski definition) is 3. The standard InChI is InChI=1S/C12H12FN3O2/c1-16-7-8(6-15-16)5-14-9-2-3-10(12(17)18)11(13)4-9/h2-4,6-7,14H,5H2,1H3,(H,17,18). The number of aryl methyl sites for hydroxylation is 1. The first kappa shape index (κ1) is 12.1. The molecule has 0 unspecified atom stereocenters. The van der Waals surface area contributed by atoms with Crippen LogP contribution in [0.4, 0.5) is 10.1 Å². The molecule has 5 nitrogen and oxygen atoms in total. The van der Waals surface area contributed by atoms with E-state index in [2.05, 4.69) is 10.4 Å². The molecule has 6 heteroatoms. The molecule has 0 fully saturated rings. The molecule has 0 bridgehead atoms. The number of rotatable bonds is 4. The maximum Gasteiger partial charge on any atom is 0.338 e. The van der Waals surface area contributed by atoms with Crippen LogP contribution in [0.5, 0.6) is 0 Å². The van der Waals surface area contributed by atoms with Gasteiger partial charge in [0.25, 0.3) is 0 Å². The van der Waals surface area contributed by atoms with Crippen LogP contribution < -0.4 is 5.32 Å². The van der Waals surface area contributed by atoms with Crippen molar-refractivity contribution in [3.8, 4) is 0 Å². The van der Waals surface area contributed by atoms with Crippen molar-refractivity contribution in [1.82, 2.24) is 9.78 Å². The lowest BCUT2D eigenvalue weighted by Crippen LogP contribution is -2.03. The number of nitrogens with zero attached hydrogens (tertiary/aromatic N) is 2. The molecule has 1 aromatic heterocycles. The Hall–Kier alpha value is -2.37. The minimum absolute atomic E-state index is 0.332. The van der Waals surface area contributed by atoms with Gasteiger partial charge in [-0.05, 0) is 18.2 Å². The van der Waals surface area contributed by atoms with Crippen LogP contribution in [-0.4, -0.2) is 20.9 Å². The quantitative estimate of drug-likeness (QED) is 0.868. The molecular formula is C12H12FN3O2. The fourth-order valence-electron chi connectivity index (χ4n) is 1.57. The molecule has 0 aliphatic heterocycles. The first-order chi connectivity index (χ1) is 8.56. The van der Waals surface area contributed by atoms with Crippen LogP contribution >= 0.6 is 0 Å². The molecule has 2 N–H and O–H groups in total. The first-order valence-electron chi connectivity index (χ1n) is 5.30. The Bertz CT molecular complexity index is 580. The van der Waals surface area contributed by atoms with Gasteiger partial charge in [-0.1, -0.05) is 0 Å². The van der Waals surface area contributed by atoms with Crippen molar-refractivity contribution in [3.63, 3.8) is 0 Å². The summed E-state index contributed by atoms with van der Waals surface area (Å²) >= 11 is 0. The van der Waals surface area contributed by atoms with Gasteiger partial charge in [-0.3, -0.25) is 4.68 Å². The van der Waals surface area contributed by atoms with E-state index in [0.29, 0.717) is 12.2 Å². The molecule has 0 saturated carbocycles. The van der Waals surface area contributed by atoms with E-state index in [-0.39, 0.29) is 5.56 Å². The average molecular weight is 249 g/mol. The predicted molar refractivity (Wildman–Crippen MR) is 63.9 cm³/mol. The van der Waals surface area contributed by atoms with Crippen molar-refractivity contribution < 1.29 is 14.3 Å². The molecular weight excluding hydrogens is 237 g/mol. The fraction of sp³-hybridized carbons (Fsp3) is 0.167. The third-order valence-electron chi connectivity index (χ3n) is 2.45. The second-order valence-electron chi connectivity index (χ2n) is 3.88. The van der Waals surface area contributed by atoms with Crippen LogP contribution in [0.1, 0.15) is 15.9 Å². The largest absolute Gasteiger partial charge is 0.478 e. The summed E-state index contributed by atoms with van der Waals surface area (Å²) in [5.41, 5.74) is 1.16. The Kier molecular flexibility index (Phi) is 3.27. The Morgan fingerprint density at radius 3 is 2.89 bits per heavy atom. The van der Waals surface area contributed by atoms with Crippen LogP contribution in [0.15, 0.2) is 30.6 Å². The van der Waals surface area contributed by atoms with Crippen molar-refractivity contribution in [2.45, 2.75) is 6.54 Å². The van der Waals surface area contributed by atoms with Gasteiger partial charge in [0.2, 0.25) is 0 Å². The highest BCUT2D eigenvalue weighted by Gasteiger charge is 2.10. The maximum absolute atomic E-state index is 13.4. The number of carbonyl (C=O) groups is 1. The molecule has 18 heavy (non-hydrogen) atoms. The highest BCUT2D eigenvalue weighted by Crippen LogP contribution is 2.15. The molecule has 1 aromatic carbocycles. The Balaban J connectivity index is 2.06. The third kappa shape index (κ3) is 2.65. The van der Waals surface area contributed by atoms with E-state index < -0.39 is 11.8 Å². The summed E-state index contributed by atoms with van der Waals surface area (Å²) in [7, 11) is 1.81. The van der Waals surface area contributed by atoms with Gasteiger partial charge in [0.15, 0.2) is 0 Å². The topological polar surface area (TPSA) is 67.2 Å². The summed E-state index contributed by atoms with van der Waals surface area (Å²) in [6, 6.07) is 3.94. The Morgan fingerprint density at radius 1 is 1.56 bits per heavy atom. The van der Waals surface area contributed by atoms with E-state index in [1.54, 1.807) is 10.9 Å². The number of benzene rings is 1. The molecule has 0 amide bonds. The molecule has 94 valence electrons. The van der Waals surface area contributed by atoms with Gasteiger partial charge >= 0.3 is 5.97 Å². The zero-order valence-electron chi connectivity index (χ0n) is 9.72. The van der Waals surface area contributed by atoms with E-state index in [1.807, 2.05) is 13.2 Å². The lowest BCUT2D eigenvalue weighted by molar-refractivity contribution is 0.0692. The number of nitrogens with one attached hydrogen (secondary N) is 1. The van der Waals surface area contributed by atoms with Crippen molar-refractivity contribution in [2.24, 2.45) is 7.05 Å². The van der Waals surface area contributed by atoms with Crippen molar-refractivity contribution in [3.05, 3.63) is 47.5 Å². The normalized spacial score (nSPS) is 10.3. The Morgan fingerprint density at radius 2 is 2.33 bits per heavy atom. The lowest BCUT2D eigenvalue weighted by Gasteiger charge is -2.06. The van der Waals surface area contributed by atoms with Crippen molar-refractivity contribution in [2.75, 3.05) is 5.32 Å². The SMILES string of the molecule is Cn1cc(CNc2ccc(C(=O)O)c(F)c2)cn1. The molecule has 1 heterocycles. The molecule has 2 rings (SSSR count). The molecule has 0 atom stereocenters. The summed E-state index contributed by atoms with van der Waals surface area (Å²) in [6.45, 7) is 0.500. The zero-order chi connectivity index (χ0) is 13.1. The van der Waals surface area contributed by atoms with Gasteiger partial charge in [-0.2, -0.15) is 5.10 Å². The Labute approximate surface area is 103 Å². The van der Waals surface area contributed by atoms with Gasteiger partial charge in [0.05, 0.1) is 11.8 Å². The first-order valence-corrected chi connectivity index (χ1v) is 5.30. The number of aromatic nitrogens is 2. The molecule has 0 aliphatic carbocycles. The lowest BCUT2D eigenvalue weighted by atomic mass is 10.2. The summed E-state index contributed by atoms with van der Waals surface area (Å²) in [4.78, 5) is 10.6. The second-order valence-corrected chi connectivity index (χ2v) is 3.88. The van der Waals surface area contributed by atoms with Crippen LogP contribution in [0, 0.1) is 5.82 Å². The summed E-state index contributed by atoms with van der Waals surface area (Å²) in [6.07, 6.45) is 3.55. The maximum atomic E-state index is 13.4. The van der Waals surface area contributed by atoms with E-state index >= 15 is 0 Å². The fourth-order valence-corrected chi connectivity index (χ4v) is 1.57. The molecule has 0 radical (unpaired) electrons. The number of halogens is 1.